The van der Waals surface area contributed by atoms with E-state index in [4.69, 9.17) is 4.74 Å². The first-order valence-electron chi connectivity index (χ1n) is 6.96. The first-order valence-corrected chi connectivity index (χ1v) is 9.02. The van der Waals surface area contributed by atoms with Crippen LogP contribution < -0.4 is 5.32 Å². The molecular formula is C13H27NO3S. The molecule has 0 aliphatic carbocycles. The molecule has 0 aromatic heterocycles. The molecule has 18 heavy (non-hydrogen) atoms. The van der Waals surface area contributed by atoms with Gasteiger partial charge in [0.2, 0.25) is 0 Å². The van der Waals surface area contributed by atoms with Gasteiger partial charge in [0.25, 0.3) is 0 Å². The molecule has 1 aliphatic rings. The van der Waals surface area contributed by atoms with E-state index in [2.05, 4.69) is 19.2 Å². The van der Waals surface area contributed by atoms with Gasteiger partial charge in [-0.3, -0.25) is 0 Å². The molecule has 4 nitrogen and oxygen atoms in total. The topological polar surface area (TPSA) is 55.4 Å². The number of nitrogens with one attached hydrogen (secondary N) is 1. The van der Waals surface area contributed by atoms with Crippen molar-refractivity contribution >= 4 is 9.84 Å². The van der Waals surface area contributed by atoms with Gasteiger partial charge < -0.3 is 10.1 Å². The largest absolute Gasteiger partial charge is 0.378 e. The van der Waals surface area contributed by atoms with Crippen LogP contribution in [0.5, 0.6) is 0 Å². The Kier molecular flexibility index (Phi) is 6.60. The maximum atomic E-state index is 11.2. The second kappa shape index (κ2) is 7.46. The lowest BCUT2D eigenvalue weighted by Gasteiger charge is -2.27. The lowest BCUT2D eigenvalue weighted by atomic mass is 9.90. The molecule has 1 fully saturated rings. The molecule has 3 unspecified atom stereocenters. The van der Waals surface area contributed by atoms with E-state index in [1.165, 1.54) is 6.26 Å². The summed E-state index contributed by atoms with van der Waals surface area (Å²) in [5, 5.41) is 3.55. The van der Waals surface area contributed by atoms with Crippen LogP contribution in [-0.4, -0.2) is 45.7 Å². The summed E-state index contributed by atoms with van der Waals surface area (Å²) in [6, 6.07) is 0.393. The van der Waals surface area contributed by atoms with Crippen LogP contribution in [0.15, 0.2) is 0 Å². The van der Waals surface area contributed by atoms with Crippen molar-refractivity contribution in [3.8, 4) is 0 Å². The first-order chi connectivity index (χ1) is 8.44. The first kappa shape index (κ1) is 15.9. The summed E-state index contributed by atoms with van der Waals surface area (Å²) in [6.45, 7) is 6.10. The third kappa shape index (κ3) is 5.67. The van der Waals surface area contributed by atoms with Gasteiger partial charge in [-0.05, 0) is 39.2 Å². The minimum atomic E-state index is -2.84. The Morgan fingerprint density at radius 1 is 1.44 bits per heavy atom. The summed E-state index contributed by atoms with van der Waals surface area (Å²) in [5.74, 6) is 0.815. The average molecular weight is 277 g/mol. The summed E-state index contributed by atoms with van der Waals surface area (Å²) in [4.78, 5) is 0. The van der Waals surface area contributed by atoms with Crippen molar-refractivity contribution in [1.82, 2.24) is 5.32 Å². The summed E-state index contributed by atoms with van der Waals surface area (Å²) in [6.07, 6.45) is 5.45. The van der Waals surface area contributed by atoms with Crippen molar-refractivity contribution in [3.05, 3.63) is 0 Å². The van der Waals surface area contributed by atoms with Crippen LogP contribution >= 0.6 is 0 Å². The fourth-order valence-corrected chi connectivity index (χ4v) is 3.33. The van der Waals surface area contributed by atoms with Crippen molar-refractivity contribution in [3.63, 3.8) is 0 Å². The highest BCUT2D eigenvalue weighted by Gasteiger charge is 2.31. The Balaban J connectivity index is 2.44. The van der Waals surface area contributed by atoms with Gasteiger partial charge >= 0.3 is 0 Å². The third-order valence-electron chi connectivity index (χ3n) is 3.64. The van der Waals surface area contributed by atoms with Crippen molar-refractivity contribution in [2.24, 2.45) is 5.92 Å². The van der Waals surface area contributed by atoms with E-state index in [1.807, 2.05) is 0 Å². The molecule has 1 heterocycles. The van der Waals surface area contributed by atoms with Gasteiger partial charge in [-0.1, -0.05) is 6.92 Å². The highest BCUT2D eigenvalue weighted by atomic mass is 32.2. The molecule has 0 aromatic rings. The molecule has 108 valence electrons. The highest BCUT2D eigenvalue weighted by molar-refractivity contribution is 7.90. The molecule has 5 heteroatoms. The van der Waals surface area contributed by atoms with Crippen molar-refractivity contribution in [2.75, 3.05) is 25.2 Å². The summed E-state index contributed by atoms with van der Waals surface area (Å²) in [5.41, 5.74) is 0. The Morgan fingerprint density at radius 3 is 2.67 bits per heavy atom. The molecule has 0 radical (unpaired) electrons. The standard InChI is InChI=1S/C13H27NO3S/c1-4-8-14-13(6-5-10-18(3,15)16)12-7-9-17-11(12)2/h11-14H,4-10H2,1-3H3. The summed E-state index contributed by atoms with van der Waals surface area (Å²) in [7, 11) is -2.84. The molecule has 3 atom stereocenters. The second-order valence-corrected chi connectivity index (χ2v) is 7.62. The predicted molar refractivity (Wildman–Crippen MR) is 74.5 cm³/mol. The molecule has 1 rings (SSSR count). The number of hydrogen-bond acceptors (Lipinski definition) is 4. The van der Waals surface area contributed by atoms with Crippen molar-refractivity contribution < 1.29 is 13.2 Å². The number of hydrogen-bond donors (Lipinski definition) is 1. The minimum absolute atomic E-state index is 0.289. The Morgan fingerprint density at radius 2 is 2.17 bits per heavy atom. The molecule has 0 amide bonds. The SMILES string of the molecule is CCCNC(CCCS(C)(=O)=O)C1CCOC1C. The van der Waals surface area contributed by atoms with Gasteiger partial charge in [-0.25, -0.2) is 8.42 Å². The van der Waals surface area contributed by atoms with Crippen LogP contribution in [0.3, 0.4) is 0 Å². The Bertz CT molecular complexity index is 329. The predicted octanol–water partition coefficient (Wildman–Crippen LogP) is 1.60. The molecule has 0 saturated carbocycles. The quantitative estimate of drug-likeness (QED) is 0.732. The van der Waals surface area contributed by atoms with Gasteiger partial charge in [0.1, 0.15) is 9.84 Å². The molecule has 0 bridgehead atoms. The fraction of sp³-hybridized carbons (Fsp3) is 1.00. The van der Waals surface area contributed by atoms with E-state index in [1.54, 1.807) is 0 Å². The number of sulfone groups is 1. The van der Waals surface area contributed by atoms with Crippen LogP contribution in [0.4, 0.5) is 0 Å². The van der Waals surface area contributed by atoms with Gasteiger partial charge in [-0.15, -0.1) is 0 Å². The van der Waals surface area contributed by atoms with E-state index < -0.39 is 9.84 Å². The maximum absolute atomic E-state index is 11.2. The van der Waals surface area contributed by atoms with Crippen molar-refractivity contribution in [2.45, 2.75) is 51.7 Å². The van der Waals surface area contributed by atoms with Gasteiger partial charge in [0.15, 0.2) is 0 Å². The third-order valence-corrected chi connectivity index (χ3v) is 4.67. The lowest BCUT2D eigenvalue weighted by Crippen LogP contribution is -2.39. The van der Waals surface area contributed by atoms with Crippen molar-refractivity contribution in [1.29, 1.82) is 0 Å². The van der Waals surface area contributed by atoms with E-state index in [-0.39, 0.29) is 6.10 Å². The van der Waals surface area contributed by atoms with E-state index in [0.717, 1.165) is 38.8 Å². The maximum Gasteiger partial charge on any atom is 0.147 e. The van der Waals surface area contributed by atoms with Gasteiger partial charge in [0.05, 0.1) is 6.10 Å². The van der Waals surface area contributed by atoms with Crippen LogP contribution in [-0.2, 0) is 14.6 Å². The monoisotopic (exact) mass is 277 g/mol. The van der Waals surface area contributed by atoms with Gasteiger partial charge in [0, 0.05) is 30.6 Å². The molecular weight excluding hydrogens is 250 g/mol. The zero-order valence-electron chi connectivity index (χ0n) is 11.8. The summed E-state index contributed by atoms with van der Waals surface area (Å²) >= 11 is 0. The normalized spacial score (nSPS) is 26.4. The zero-order valence-corrected chi connectivity index (χ0v) is 12.6. The minimum Gasteiger partial charge on any atom is -0.378 e. The van der Waals surface area contributed by atoms with E-state index >= 15 is 0 Å². The summed E-state index contributed by atoms with van der Waals surface area (Å²) < 4.78 is 27.9. The molecule has 1 saturated heterocycles. The molecule has 0 aromatic carbocycles. The van der Waals surface area contributed by atoms with Gasteiger partial charge in [-0.2, -0.15) is 0 Å². The Labute approximate surface area is 111 Å². The smallest absolute Gasteiger partial charge is 0.147 e. The fourth-order valence-electron chi connectivity index (χ4n) is 2.64. The van der Waals surface area contributed by atoms with E-state index in [0.29, 0.717) is 17.7 Å². The molecule has 1 aliphatic heterocycles. The highest BCUT2D eigenvalue weighted by Crippen LogP contribution is 2.26. The van der Waals surface area contributed by atoms with Crippen LogP contribution in [0.1, 0.15) is 39.5 Å². The Hall–Kier alpha value is -0.130. The van der Waals surface area contributed by atoms with Crippen LogP contribution in [0.2, 0.25) is 0 Å². The number of rotatable bonds is 8. The lowest BCUT2D eigenvalue weighted by molar-refractivity contribution is 0.0942. The number of ether oxygens (including phenoxy) is 1. The molecule has 1 N–H and O–H groups in total. The van der Waals surface area contributed by atoms with Crippen LogP contribution in [0, 0.1) is 5.92 Å². The molecule has 0 spiro atoms. The second-order valence-electron chi connectivity index (χ2n) is 5.36. The van der Waals surface area contributed by atoms with Crippen LogP contribution in [0.25, 0.3) is 0 Å². The van der Waals surface area contributed by atoms with E-state index in [9.17, 15) is 8.42 Å². The zero-order chi connectivity index (χ0) is 13.6. The average Bonchev–Trinajstić information content (AvgIpc) is 2.68.